The lowest BCUT2D eigenvalue weighted by Crippen LogP contribution is -2.56. The van der Waals surface area contributed by atoms with Gasteiger partial charge in [0.2, 0.25) is 47.3 Å². The predicted molar refractivity (Wildman–Crippen MR) is 256 cm³/mol. The molecule has 1 aromatic carbocycles. The summed E-state index contributed by atoms with van der Waals surface area (Å²) in [5.41, 5.74) is 13.4. The third-order valence-electron chi connectivity index (χ3n) is 10.1. The Bertz CT molecular complexity index is 1870. The third-order valence-corrected chi connectivity index (χ3v) is 10.9. The zero-order valence-electron chi connectivity index (χ0n) is 40.1. The second kappa shape index (κ2) is 35.1. The van der Waals surface area contributed by atoms with Crippen molar-refractivity contribution in [2.45, 2.75) is 71.4 Å². The van der Waals surface area contributed by atoms with Crippen molar-refractivity contribution >= 4 is 70.1 Å². The second-order valence-corrected chi connectivity index (χ2v) is 17.5. The molecule has 0 unspecified atom stereocenters. The maximum absolute atomic E-state index is 14.1. The average molecular weight is 1010 g/mol. The zero-order chi connectivity index (χ0) is 51.7. The van der Waals surface area contributed by atoms with Gasteiger partial charge in [-0.3, -0.25) is 53.4 Å². The number of hydrogen-bond donors (Lipinski definition) is 11. The molecule has 392 valence electrons. The molecule has 0 radical (unpaired) electrons. The largest absolute Gasteiger partial charge is 0.494 e. The number of guanidine groups is 1. The Hall–Kier alpha value is -6.09. The molecule has 0 fully saturated rings. The monoisotopic (exact) mass is 1010 g/mol. The number of carbonyl (C=O) groups excluding carboxylic acids is 9. The van der Waals surface area contributed by atoms with E-state index in [0.29, 0.717) is 30.6 Å². The van der Waals surface area contributed by atoms with Crippen LogP contribution in [0.3, 0.4) is 0 Å². The van der Waals surface area contributed by atoms with E-state index in [-0.39, 0.29) is 121 Å². The lowest BCUT2D eigenvalue weighted by Gasteiger charge is -2.29. The summed E-state index contributed by atoms with van der Waals surface area (Å²) in [5, 5.41) is 27.3. The molecule has 0 spiro atoms. The van der Waals surface area contributed by atoms with Gasteiger partial charge in [0.15, 0.2) is 11.1 Å². The molecule has 2 heterocycles. The highest BCUT2D eigenvalue weighted by atomic mass is 32.2. The molecule has 0 saturated heterocycles. The molecule has 0 aliphatic carbocycles. The number of aliphatic imine (C=N–C) groups is 1. The molecular formula is C44H71N11O14S. The third kappa shape index (κ3) is 27.2. The first kappa shape index (κ1) is 60.0. The molecule has 2 bridgehead atoms. The van der Waals surface area contributed by atoms with Crippen molar-refractivity contribution in [2.75, 3.05) is 91.3 Å². The van der Waals surface area contributed by atoms with Crippen LogP contribution in [0.25, 0.3) is 0 Å². The van der Waals surface area contributed by atoms with Gasteiger partial charge in [0.05, 0.1) is 77.6 Å². The minimum atomic E-state index is -1.15. The maximum atomic E-state index is 14.1. The lowest BCUT2D eigenvalue weighted by atomic mass is 9.81. The van der Waals surface area contributed by atoms with E-state index >= 15 is 0 Å². The SMILES string of the molecule is CC(=O)SCC(=O)NCC(=O)NCC(=O)NCC(=O)NCCOCCOCCOCCNC(=O)[C@H](CCCN=C(N)N)NC(=O)[C@@H]1Cc2ccc(cc2)OCCC[C@H](C(=O)NO)[C@@H](CC(C)C)C(=O)N1. The number of thioether (sulfide) groups is 1. The van der Waals surface area contributed by atoms with E-state index in [1.807, 2.05) is 13.8 Å². The summed E-state index contributed by atoms with van der Waals surface area (Å²) in [4.78, 5) is 117. The summed E-state index contributed by atoms with van der Waals surface area (Å²) in [6.07, 6.45) is 1.49. The number of nitrogens with one attached hydrogen (secondary N) is 8. The smallest absolute Gasteiger partial charge is 0.247 e. The summed E-state index contributed by atoms with van der Waals surface area (Å²) < 4.78 is 22.3. The Balaban J connectivity index is 1.78. The van der Waals surface area contributed by atoms with Crippen LogP contribution in [0.2, 0.25) is 0 Å². The highest BCUT2D eigenvalue weighted by Crippen LogP contribution is 2.27. The molecule has 25 nitrogen and oxygen atoms in total. The van der Waals surface area contributed by atoms with Crippen LogP contribution >= 0.6 is 11.8 Å². The fourth-order valence-corrected chi connectivity index (χ4v) is 7.10. The van der Waals surface area contributed by atoms with Crippen LogP contribution in [0.4, 0.5) is 0 Å². The number of nitrogens with zero attached hydrogens (tertiary/aromatic N) is 1. The Kier molecular flexibility index (Phi) is 30.1. The van der Waals surface area contributed by atoms with E-state index in [1.54, 1.807) is 29.7 Å². The second-order valence-electron chi connectivity index (χ2n) is 16.3. The van der Waals surface area contributed by atoms with Gasteiger partial charge < -0.3 is 67.6 Å². The standard InChI is InChI=1S/C44H71N11O14S/c1-28(2)22-33-32(41(62)55-65)6-5-15-69-31-10-8-30(9-11-31)23-35(54-40(33)61)43(64)53-34(7-4-12-49-44(45)46)42(63)48-14-17-67-19-21-68-20-18-66-16-13-47-36(57)24-50-37(58)25-51-38(59)26-52-39(60)27-70-29(3)56/h8-11,28,32-35,65H,4-7,12-27H2,1-3H3,(H,47,57)(H,48,63)(H,50,58)(H,51,59)(H,52,60)(H,53,64)(H,54,61)(H,55,62)(H4,45,46,49)/t32-,33+,34-,35-/m0/s1. The minimum Gasteiger partial charge on any atom is -0.494 e. The van der Waals surface area contributed by atoms with Gasteiger partial charge in [-0.15, -0.1) is 0 Å². The fourth-order valence-electron chi connectivity index (χ4n) is 6.66. The molecule has 1 aromatic rings. The highest BCUT2D eigenvalue weighted by Gasteiger charge is 2.36. The molecule has 4 atom stereocenters. The van der Waals surface area contributed by atoms with Crippen LogP contribution in [0, 0.1) is 17.8 Å². The number of rotatable bonds is 30. The molecule has 8 amide bonds. The zero-order valence-corrected chi connectivity index (χ0v) is 40.9. The van der Waals surface area contributed by atoms with Crippen LogP contribution in [-0.4, -0.2) is 167 Å². The van der Waals surface area contributed by atoms with Crippen molar-refractivity contribution in [2.24, 2.45) is 34.2 Å². The topological polar surface area (TPSA) is 371 Å². The first-order chi connectivity index (χ1) is 33.5. The quantitative estimate of drug-likeness (QED) is 0.0121. The first-order valence-electron chi connectivity index (χ1n) is 23.0. The summed E-state index contributed by atoms with van der Waals surface area (Å²) in [5.74, 6) is -6.08. The summed E-state index contributed by atoms with van der Waals surface area (Å²) in [7, 11) is 0. The number of nitrogens with two attached hydrogens (primary N) is 2. The fraction of sp³-hybridized carbons (Fsp3) is 0.636. The van der Waals surface area contributed by atoms with Crippen LogP contribution in [0.5, 0.6) is 5.75 Å². The number of amides is 8. The van der Waals surface area contributed by atoms with Gasteiger partial charge in [0, 0.05) is 38.9 Å². The van der Waals surface area contributed by atoms with E-state index in [2.05, 4.69) is 42.2 Å². The first-order valence-corrected chi connectivity index (χ1v) is 24.0. The number of ether oxygens (including phenoxy) is 4. The number of hydroxylamine groups is 1. The molecule has 70 heavy (non-hydrogen) atoms. The molecule has 2 aliphatic heterocycles. The van der Waals surface area contributed by atoms with E-state index < -0.39 is 77.7 Å². The van der Waals surface area contributed by atoms with Gasteiger partial charge in [0.25, 0.3) is 0 Å². The van der Waals surface area contributed by atoms with Gasteiger partial charge >= 0.3 is 0 Å². The van der Waals surface area contributed by atoms with Crippen LogP contribution in [0.1, 0.15) is 58.4 Å². The Morgan fingerprint density at radius 3 is 1.96 bits per heavy atom. The van der Waals surface area contributed by atoms with Crippen molar-refractivity contribution < 1.29 is 67.3 Å². The molecule has 0 aromatic heterocycles. The van der Waals surface area contributed by atoms with E-state index in [4.69, 9.17) is 30.4 Å². The van der Waals surface area contributed by atoms with Gasteiger partial charge in [-0.2, -0.15) is 0 Å². The highest BCUT2D eigenvalue weighted by molar-refractivity contribution is 8.14. The predicted octanol–water partition coefficient (Wildman–Crippen LogP) is -2.88. The minimum absolute atomic E-state index is 0.00869. The number of hydrogen-bond acceptors (Lipinski definition) is 16. The maximum Gasteiger partial charge on any atom is 0.247 e. The van der Waals surface area contributed by atoms with E-state index in [1.165, 1.54) is 6.92 Å². The summed E-state index contributed by atoms with van der Waals surface area (Å²) in [6.45, 7) is 5.92. The molecule has 13 N–H and O–H groups in total. The van der Waals surface area contributed by atoms with Gasteiger partial charge in [-0.1, -0.05) is 37.7 Å². The molecule has 3 rings (SSSR count). The van der Waals surface area contributed by atoms with Crippen LogP contribution in [0.15, 0.2) is 29.3 Å². The number of benzene rings is 1. The lowest BCUT2D eigenvalue weighted by molar-refractivity contribution is -0.142. The Morgan fingerprint density at radius 2 is 1.39 bits per heavy atom. The molecule has 0 saturated carbocycles. The van der Waals surface area contributed by atoms with Gasteiger partial charge in [-0.05, 0) is 55.7 Å². The van der Waals surface area contributed by atoms with Crippen molar-refractivity contribution in [1.82, 2.24) is 42.7 Å². The van der Waals surface area contributed by atoms with Gasteiger partial charge in [-0.25, -0.2) is 5.48 Å². The average Bonchev–Trinajstić information content (AvgIpc) is 3.32. The van der Waals surface area contributed by atoms with Crippen molar-refractivity contribution in [1.29, 1.82) is 0 Å². The van der Waals surface area contributed by atoms with Crippen molar-refractivity contribution in [3.63, 3.8) is 0 Å². The van der Waals surface area contributed by atoms with Crippen molar-refractivity contribution in [3.8, 4) is 5.75 Å². The number of carbonyl (C=O) groups is 9. The molecular weight excluding hydrogens is 939 g/mol. The van der Waals surface area contributed by atoms with Crippen molar-refractivity contribution in [3.05, 3.63) is 29.8 Å². The summed E-state index contributed by atoms with van der Waals surface area (Å²) in [6, 6.07) is 4.85. The Morgan fingerprint density at radius 1 is 0.814 bits per heavy atom. The number of fused-ring (bicyclic) bond motifs is 11. The summed E-state index contributed by atoms with van der Waals surface area (Å²) >= 11 is 0.802. The van der Waals surface area contributed by atoms with Gasteiger partial charge in [0.1, 0.15) is 17.8 Å². The Labute approximate surface area is 411 Å². The molecule has 26 heteroatoms. The normalized spacial score (nSPS) is 16.2. The van der Waals surface area contributed by atoms with Crippen LogP contribution in [-0.2, 0) is 63.8 Å². The van der Waals surface area contributed by atoms with E-state index in [0.717, 1.165) is 11.8 Å². The van der Waals surface area contributed by atoms with Crippen LogP contribution < -0.4 is 58.9 Å². The van der Waals surface area contributed by atoms with E-state index in [9.17, 15) is 48.4 Å². The molecule has 2 aliphatic rings.